The molecule has 3 atom stereocenters. The van der Waals surface area contributed by atoms with Crippen LogP contribution in [0.5, 0.6) is 0 Å². The minimum absolute atomic E-state index is 0. The average Bonchev–Trinajstić information content (AvgIpc) is 3.39. The molecule has 4 rings (SSSR count). The van der Waals surface area contributed by atoms with Gasteiger partial charge >= 0.3 is 5.69 Å². The van der Waals surface area contributed by atoms with Gasteiger partial charge in [-0.2, -0.15) is 4.98 Å². The second-order valence-corrected chi connectivity index (χ2v) is 8.31. The highest BCUT2D eigenvalue weighted by Gasteiger charge is 2.35. The molecule has 3 unspecified atom stereocenters. The largest absolute Gasteiger partial charge is 0.437 e. The number of nitrogens with zero attached hydrogens (tertiary/aromatic N) is 2. The maximum Gasteiger partial charge on any atom is 0.353 e. The number of terminal acetylenes is 1. The Labute approximate surface area is 201 Å². The lowest BCUT2D eigenvalue weighted by molar-refractivity contribution is -0.0457. The first-order valence-corrected chi connectivity index (χ1v) is 10.8. The second-order valence-electron chi connectivity index (χ2n) is 8.31. The van der Waals surface area contributed by atoms with Gasteiger partial charge in [-0.05, 0) is 79.7 Å². The summed E-state index contributed by atoms with van der Waals surface area (Å²) in [7, 11) is 0. The van der Waals surface area contributed by atoms with Gasteiger partial charge < -0.3 is 19.4 Å². The van der Waals surface area contributed by atoms with E-state index >= 15 is 0 Å². The minimum Gasteiger partial charge on any atom is -0.437 e. The van der Waals surface area contributed by atoms with Crippen LogP contribution in [0, 0.1) is 63.7 Å². The fourth-order valence-corrected chi connectivity index (χ4v) is 4.34. The molecule has 1 fully saturated rings. The second kappa shape index (κ2) is 9.21. The van der Waals surface area contributed by atoms with E-state index in [9.17, 15) is 15.0 Å². The van der Waals surface area contributed by atoms with Gasteiger partial charge in [0.25, 0.3) is 0 Å². The summed E-state index contributed by atoms with van der Waals surface area (Å²) < 4.78 is 13.0. The molecule has 3 heterocycles. The van der Waals surface area contributed by atoms with E-state index in [-0.39, 0.29) is 23.0 Å². The summed E-state index contributed by atoms with van der Waals surface area (Å²) in [6, 6.07) is 1.84. The molecule has 0 radical (unpaired) electrons. The van der Waals surface area contributed by atoms with Crippen LogP contribution >= 0.6 is 0 Å². The van der Waals surface area contributed by atoms with Gasteiger partial charge in [-0.15, -0.1) is 6.42 Å². The van der Waals surface area contributed by atoms with Crippen LogP contribution in [0.25, 0.3) is 22.4 Å². The van der Waals surface area contributed by atoms with Crippen molar-refractivity contribution in [3.05, 3.63) is 50.6 Å². The molecule has 1 aliphatic heterocycles. The molecule has 7 nitrogen and oxygen atoms in total. The van der Waals surface area contributed by atoms with Crippen LogP contribution < -0.4 is 5.69 Å². The molecule has 0 spiro atoms. The van der Waals surface area contributed by atoms with Crippen molar-refractivity contribution in [2.24, 2.45) is 0 Å². The van der Waals surface area contributed by atoms with E-state index in [4.69, 9.17) is 15.6 Å². The third-order valence-corrected chi connectivity index (χ3v) is 6.39. The number of rotatable bonds is 3. The van der Waals surface area contributed by atoms with E-state index in [1.165, 1.54) is 4.57 Å². The summed E-state index contributed by atoms with van der Waals surface area (Å²) in [5, 5.41) is 20.0. The summed E-state index contributed by atoms with van der Waals surface area (Å²) in [5.74, 6) is 13.9. The minimum atomic E-state index is -0.854. The number of ether oxygens (including phenoxy) is 1. The summed E-state index contributed by atoms with van der Waals surface area (Å²) in [5.41, 5.74) is 5.49. The fourth-order valence-electron chi connectivity index (χ4n) is 4.34. The van der Waals surface area contributed by atoms with E-state index in [0.717, 1.165) is 33.4 Å². The smallest absolute Gasteiger partial charge is 0.353 e. The monoisotopic (exact) mass is 462 g/mol. The molecular formula is C27H30N2O5. The predicted molar refractivity (Wildman–Crippen MR) is 134 cm³/mol. The standard InChI is InChI=1S/C27H24N2O5.3H2/c1-6-7-8-9-10-20-15(2)17(4)25(18(5)16(20)3)22-11-19-13-29(27(32)28-26(19)34-22)24-12-21(31)23(14-30)33-24;;;/h1,11,13,21,23-24,30-31H,12,14H2,2-5H3;3*1H. The van der Waals surface area contributed by atoms with Crippen LogP contribution in [0.15, 0.2) is 21.5 Å². The van der Waals surface area contributed by atoms with E-state index in [2.05, 4.69) is 34.6 Å². The van der Waals surface area contributed by atoms with Crippen LogP contribution in [0.1, 0.15) is 44.7 Å². The van der Waals surface area contributed by atoms with Crippen LogP contribution in [0.4, 0.5) is 0 Å². The summed E-state index contributed by atoms with van der Waals surface area (Å²) in [6.45, 7) is 7.66. The van der Waals surface area contributed by atoms with Gasteiger partial charge in [-0.3, -0.25) is 4.57 Å². The van der Waals surface area contributed by atoms with Crippen molar-refractivity contribution in [1.82, 2.24) is 9.55 Å². The molecule has 0 aliphatic carbocycles. The number of hydrogen-bond donors (Lipinski definition) is 2. The van der Waals surface area contributed by atoms with Crippen LogP contribution in [0.2, 0.25) is 0 Å². The van der Waals surface area contributed by atoms with Crippen molar-refractivity contribution in [2.45, 2.75) is 52.6 Å². The van der Waals surface area contributed by atoms with Gasteiger partial charge in [-0.25, -0.2) is 4.79 Å². The molecule has 34 heavy (non-hydrogen) atoms. The lowest BCUT2D eigenvalue weighted by Gasteiger charge is -2.16. The number of aliphatic hydroxyl groups excluding tert-OH is 2. The molecule has 3 aromatic rings. The first-order chi connectivity index (χ1) is 16.3. The van der Waals surface area contributed by atoms with Crippen molar-refractivity contribution in [3.8, 4) is 47.3 Å². The number of hydrogen-bond acceptors (Lipinski definition) is 6. The maximum atomic E-state index is 12.6. The first kappa shape index (κ1) is 23.4. The summed E-state index contributed by atoms with van der Waals surface area (Å²) in [4.78, 5) is 16.7. The van der Waals surface area contributed by atoms with E-state index < -0.39 is 24.1 Å². The van der Waals surface area contributed by atoms with Crippen molar-refractivity contribution < 1.29 is 23.6 Å². The molecular weight excluding hydrogens is 432 g/mol. The first-order valence-electron chi connectivity index (χ1n) is 10.8. The van der Waals surface area contributed by atoms with Gasteiger partial charge in [0, 0.05) is 28.0 Å². The van der Waals surface area contributed by atoms with E-state index in [1.807, 2.05) is 33.8 Å². The Kier molecular flexibility index (Phi) is 6.33. The number of furan rings is 1. The highest BCUT2D eigenvalue weighted by molar-refractivity contribution is 5.82. The third kappa shape index (κ3) is 4.00. The Morgan fingerprint density at radius 2 is 1.88 bits per heavy atom. The van der Waals surface area contributed by atoms with Gasteiger partial charge in [0.2, 0.25) is 5.71 Å². The normalized spacial score (nSPS) is 19.3. The van der Waals surface area contributed by atoms with Crippen molar-refractivity contribution >= 4 is 11.1 Å². The van der Waals surface area contributed by atoms with Crippen molar-refractivity contribution in [1.29, 1.82) is 0 Å². The molecule has 1 aliphatic rings. The fraction of sp³-hybridized carbons (Fsp3) is 0.333. The van der Waals surface area contributed by atoms with E-state index in [0.29, 0.717) is 11.1 Å². The Morgan fingerprint density at radius 1 is 1.18 bits per heavy atom. The summed E-state index contributed by atoms with van der Waals surface area (Å²) >= 11 is 0. The van der Waals surface area contributed by atoms with Gasteiger partial charge in [0.05, 0.1) is 18.1 Å². The quantitative estimate of drug-likeness (QED) is 0.580. The molecule has 2 N–H and O–H groups in total. The highest BCUT2D eigenvalue weighted by atomic mass is 16.5. The van der Waals surface area contributed by atoms with E-state index in [1.54, 1.807) is 6.20 Å². The van der Waals surface area contributed by atoms with Crippen LogP contribution in [0.3, 0.4) is 0 Å². The number of benzene rings is 1. The third-order valence-electron chi connectivity index (χ3n) is 6.39. The molecule has 7 heteroatoms. The van der Waals surface area contributed by atoms with Gasteiger partial charge in [0.1, 0.15) is 18.1 Å². The lowest BCUT2D eigenvalue weighted by atomic mass is 9.88. The highest BCUT2D eigenvalue weighted by Crippen LogP contribution is 2.37. The zero-order valence-electron chi connectivity index (χ0n) is 19.4. The number of aliphatic hydroxyl groups is 2. The molecule has 0 bridgehead atoms. The average molecular weight is 463 g/mol. The van der Waals surface area contributed by atoms with Crippen molar-refractivity contribution in [3.63, 3.8) is 0 Å². The van der Waals surface area contributed by atoms with Gasteiger partial charge in [0.15, 0.2) is 0 Å². The number of fused-ring (bicyclic) bond motifs is 1. The Balaban J connectivity index is 0.00000228. The molecule has 0 amide bonds. The summed E-state index contributed by atoms with van der Waals surface area (Å²) in [6.07, 6.45) is 4.65. The maximum absolute atomic E-state index is 12.6. The van der Waals surface area contributed by atoms with Crippen molar-refractivity contribution in [2.75, 3.05) is 6.61 Å². The van der Waals surface area contributed by atoms with Crippen LogP contribution in [-0.2, 0) is 4.74 Å². The van der Waals surface area contributed by atoms with Crippen LogP contribution in [-0.4, -0.2) is 38.6 Å². The molecule has 1 aromatic carbocycles. The zero-order chi connectivity index (χ0) is 24.6. The predicted octanol–water partition coefficient (Wildman–Crippen LogP) is 3.26. The Morgan fingerprint density at radius 3 is 2.50 bits per heavy atom. The number of aromatic nitrogens is 2. The zero-order valence-corrected chi connectivity index (χ0v) is 19.4. The molecule has 1 saturated heterocycles. The Hall–Kier alpha value is -3.80. The molecule has 2 aromatic heterocycles. The lowest BCUT2D eigenvalue weighted by Crippen LogP contribution is -2.27. The molecule has 0 saturated carbocycles. The SMILES string of the molecule is C#CC#CC#Cc1c(C)c(C)c(-c2cc3cn(C4CC(O)C(CO)O4)c(=O)nc3o2)c(C)c1C.[HH].[HH].[HH]. The molecule has 178 valence electrons. The van der Waals surface area contributed by atoms with Gasteiger partial charge in [-0.1, -0.05) is 5.92 Å². The topological polar surface area (TPSA) is 97.7 Å². The Bertz CT molecular complexity index is 1500.